The molecule has 3 aromatic rings. The number of aromatic nitrogens is 1. The van der Waals surface area contributed by atoms with Gasteiger partial charge in [0.2, 0.25) is 0 Å². The highest BCUT2D eigenvalue weighted by atomic mass is 35.5. The second kappa shape index (κ2) is 6.02. The number of aryl methyl sites for hydroxylation is 2. The maximum Gasteiger partial charge on any atom is 0.147 e. The lowest BCUT2D eigenvalue weighted by Gasteiger charge is -2.09. The molecule has 0 spiro atoms. The quantitative estimate of drug-likeness (QED) is 0.710. The summed E-state index contributed by atoms with van der Waals surface area (Å²) in [7, 11) is -2.96. The van der Waals surface area contributed by atoms with Crippen molar-refractivity contribution in [2.75, 3.05) is 12.0 Å². The summed E-state index contributed by atoms with van der Waals surface area (Å²) in [5, 5.41) is 1.84. The number of fused-ring (bicyclic) bond motifs is 1. The van der Waals surface area contributed by atoms with Crippen LogP contribution in [-0.2, 0) is 16.3 Å². The molecule has 0 aliphatic carbocycles. The van der Waals surface area contributed by atoms with Gasteiger partial charge in [0.15, 0.2) is 0 Å². The summed E-state index contributed by atoms with van der Waals surface area (Å²) in [5.74, 6) is 0.166. The van der Waals surface area contributed by atoms with Gasteiger partial charge >= 0.3 is 0 Å². The van der Waals surface area contributed by atoms with E-state index in [1.165, 1.54) is 6.26 Å². The molecule has 2 aromatic carbocycles. The molecular weight excluding hydrogens is 330 g/mol. The van der Waals surface area contributed by atoms with Gasteiger partial charge < -0.3 is 4.57 Å². The fraction of sp³-hybridized carbons (Fsp3) is 0.222. The minimum absolute atomic E-state index is 0.166. The minimum Gasteiger partial charge on any atom is -0.314 e. The van der Waals surface area contributed by atoms with E-state index in [1.807, 2.05) is 36.4 Å². The molecule has 0 saturated heterocycles. The number of sulfone groups is 1. The molecule has 0 amide bonds. The van der Waals surface area contributed by atoms with Crippen molar-refractivity contribution in [1.29, 1.82) is 0 Å². The Hall–Kier alpha value is -1.78. The van der Waals surface area contributed by atoms with Crippen molar-refractivity contribution in [1.82, 2.24) is 4.57 Å². The summed E-state index contributed by atoms with van der Waals surface area (Å²) in [6, 6.07) is 16.0. The van der Waals surface area contributed by atoms with E-state index in [-0.39, 0.29) is 5.75 Å². The smallest absolute Gasteiger partial charge is 0.147 e. The normalized spacial score (nSPS) is 12.0. The number of hydrogen-bond acceptors (Lipinski definition) is 2. The highest BCUT2D eigenvalue weighted by Gasteiger charge is 2.10. The third-order valence-corrected chi connectivity index (χ3v) is 5.10. The van der Waals surface area contributed by atoms with Gasteiger partial charge in [-0.3, -0.25) is 0 Å². The van der Waals surface area contributed by atoms with Crippen molar-refractivity contribution in [3.8, 4) is 5.69 Å². The summed E-state index contributed by atoms with van der Waals surface area (Å²) >= 11 is 5.97. The number of rotatable bonds is 4. The Kier molecular flexibility index (Phi) is 4.21. The average Bonchev–Trinajstić information content (AvgIpc) is 2.81. The van der Waals surface area contributed by atoms with Crippen molar-refractivity contribution in [2.24, 2.45) is 0 Å². The Bertz CT molecular complexity index is 957. The number of halogens is 1. The average molecular weight is 348 g/mol. The third-order valence-electron chi connectivity index (χ3n) is 3.90. The van der Waals surface area contributed by atoms with Crippen LogP contribution in [0.3, 0.4) is 0 Å². The zero-order valence-electron chi connectivity index (χ0n) is 13.1. The fourth-order valence-corrected chi connectivity index (χ4v) is 3.51. The van der Waals surface area contributed by atoms with E-state index in [0.717, 1.165) is 27.8 Å². The summed E-state index contributed by atoms with van der Waals surface area (Å²) < 4.78 is 24.9. The Morgan fingerprint density at radius 3 is 2.39 bits per heavy atom. The van der Waals surface area contributed by atoms with Crippen LogP contribution in [0.4, 0.5) is 0 Å². The van der Waals surface area contributed by atoms with Crippen LogP contribution in [0.1, 0.15) is 11.3 Å². The van der Waals surface area contributed by atoms with Crippen LogP contribution in [0.25, 0.3) is 16.6 Å². The maximum absolute atomic E-state index is 11.4. The Balaban J connectivity index is 2.07. The third kappa shape index (κ3) is 3.59. The van der Waals surface area contributed by atoms with Gasteiger partial charge in [-0.1, -0.05) is 23.7 Å². The summed E-state index contributed by atoms with van der Waals surface area (Å²) in [6.07, 6.45) is 1.80. The van der Waals surface area contributed by atoms with Crippen LogP contribution in [0, 0.1) is 6.92 Å². The van der Waals surface area contributed by atoms with E-state index in [9.17, 15) is 8.42 Å². The lowest BCUT2D eigenvalue weighted by Crippen LogP contribution is -2.06. The highest BCUT2D eigenvalue weighted by molar-refractivity contribution is 7.90. The Labute approximate surface area is 141 Å². The zero-order valence-corrected chi connectivity index (χ0v) is 14.7. The molecule has 0 saturated carbocycles. The van der Waals surface area contributed by atoms with Crippen LogP contribution in [-0.4, -0.2) is 25.0 Å². The maximum atomic E-state index is 11.4. The zero-order chi connectivity index (χ0) is 16.6. The van der Waals surface area contributed by atoms with Gasteiger partial charge in [0.1, 0.15) is 9.84 Å². The van der Waals surface area contributed by atoms with E-state index in [2.05, 4.69) is 23.6 Å². The van der Waals surface area contributed by atoms with Crippen molar-refractivity contribution in [2.45, 2.75) is 13.3 Å². The summed E-state index contributed by atoms with van der Waals surface area (Å²) in [5.41, 5.74) is 4.27. The molecule has 0 N–H and O–H groups in total. The fourth-order valence-electron chi connectivity index (χ4n) is 2.78. The van der Waals surface area contributed by atoms with E-state index >= 15 is 0 Å². The molecule has 0 fully saturated rings. The highest BCUT2D eigenvalue weighted by Crippen LogP contribution is 2.26. The Morgan fingerprint density at radius 1 is 1.04 bits per heavy atom. The van der Waals surface area contributed by atoms with E-state index in [4.69, 9.17) is 11.6 Å². The van der Waals surface area contributed by atoms with Crippen molar-refractivity contribution in [3.05, 3.63) is 64.8 Å². The van der Waals surface area contributed by atoms with E-state index < -0.39 is 9.84 Å². The van der Waals surface area contributed by atoms with E-state index in [1.54, 1.807) is 0 Å². The predicted octanol–water partition coefficient (Wildman–Crippen LogP) is 4.18. The second-order valence-electron chi connectivity index (χ2n) is 5.87. The molecule has 0 bridgehead atoms. The minimum atomic E-state index is -2.96. The molecule has 5 heteroatoms. The largest absolute Gasteiger partial charge is 0.314 e. The standard InChI is InChI=1S/C18H18ClNO2S/c1-13-11-15-4-3-14(9-10-23(2,21)22)12-18(15)20(13)17-7-5-16(19)6-8-17/h3-8,11-12H,9-10H2,1-2H3. The van der Waals surface area contributed by atoms with Crippen LogP contribution in [0.2, 0.25) is 5.02 Å². The van der Waals surface area contributed by atoms with Crippen molar-refractivity contribution >= 4 is 32.3 Å². The molecular formula is C18H18ClNO2S. The molecule has 3 nitrogen and oxygen atoms in total. The first kappa shape index (κ1) is 16.1. The summed E-state index contributed by atoms with van der Waals surface area (Å²) in [6.45, 7) is 2.06. The van der Waals surface area contributed by atoms with Gasteiger partial charge in [-0.15, -0.1) is 0 Å². The first-order valence-electron chi connectivity index (χ1n) is 7.38. The lowest BCUT2D eigenvalue weighted by atomic mass is 10.1. The number of benzene rings is 2. The Morgan fingerprint density at radius 2 is 1.74 bits per heavy atom. The second-order valence-corrected chi connectivity index (χ2v) is 8.57. The molecule has 0 unspecified atom stereocenters. The van der Waals surface area contributed by atoms with Gasteiger partial charge in [-0.05, 0) is 55.3 Å². The van der Waals surface area contributed by atoms with Gasteiger partial charge in [0, 0.05) is 28.0 Å². The first-order chi connectivity index (χ1) is 10.8. The number of nitrogens with zero attached hydrogens (tertiary/aromatic N) is 1. The predicted molar refractivity (Wildman–Crippen MR) is 96.4 cm³/mol. The summed E-state index contributed by atoms with van der Waals surface area (Å²) in [4.78, 5) is 0. The molecule has 3 rings (SSSR count). The topological polar surface area (TPSA) is 39.1 Å². The lowest BCUT2D eigenvalue weighted by molar-refractivity contribution is 0.601. The van der Waals surface area contributed by atoms with Crippen LogP contribution in [0.15, 0.2) is 48.5 Å². The molecule has 0 atom stereocenters. The van der Waals surface area contributed by atoms with Crippen LogP contribution < -0.4 is 0 Å². The van der Waals surface area contributed by atoms with E-state index in [0.29, 0.717) is 11.4 Å². The van der Waals surface area contributed by atoms with Crippen LogP contribution >= 0.6 is 11.6 Å². The van der Waals surface area contributed by atoms with Gasteiger partial charge in [-0.2, -0.15) is 0 Å². The van der Waals surface area contributed by atoms with Crippen molar-refractivity contribution in [3.63, 3.8) is 0 Å². The molecule has 120 valence electrons. The van der Waals surface area contributed by atoms with Crippen molar-refractivity contribution < 1.29 is 8.42 Å². The molecule has 0 aliphatic heterocycles. The molecule has 0 radical (unpaired) electrons. The van der Waals surface area contributed by atoms with Gasteiger partial charge in [0.05, 0.1) is 11.3 Å². The first-order valence-corrected chi connectivity index (χ1v) is 9.82. The molecule has 1 aromatic heterocycles. The molecule has 1 heterocycles. The monoisotopic (exact) mass is 347 g/mol. The van der Waals surface area contributed by atoms with Gasteiger partial charge in [0.25, 0.3) is 0 Å². The molecule has 0 aliphatic rings. The number of hydrogen-bond donors (Lipinski definition) is 0. The SMILES string of the molecule is Cc1cc2ccc(CCS(C)(=O)=O)cc2n1-c1ccc(Cl)cc1. The van der Waals surface area contributed by atoms with Crippen LogP contribution in [0.5, 0.6) is 0 Å². The van der Waals surface area contributed by atoms with Gasteiger partial charge in [-0.25, -0.2) is 8.42 Å². The molecule has 23 heavy (non-hydrogen) atoms.